The lowest BCUT2D eigenvalue weighted by Crippen LogP contribution is -2.20. The minimum atomic E-state index is -0.585. The highest BCUT2D eigenvalue weighted by Gasteiger charge is 2.64. The molecule has 2 nitrogen and oxygen atoms in total. The summed E-state index contributed by atoms with van der Waals surface area (Å²) in [6.07, 6.45) is 7.83. The van der Waals surface area contributed by atoms with Crippen LogP contribution in [0.2, 0.25) is 0 Å². The van der Waals surface area contributed by atoms with E-state index in [9.17, 15) is 4.79 Å². The summed E-state index contributed by atoms with van der Waals surface area (Å²) in [7, 11) is 0. The molecule has 3 aliphatic rings. The number of carbonyl (C=O) groups is 1. The molecule has 2 saturated carbocycles. The molecule has 0 heterocycles. The van der Waals surface area contributed by atoms with E-state index in [1.807, 2.05) is 0 Å². The number of hydrogen-bond acceptors (Lipinski definition) is 1. The number of rotatable bonds is 1. The summed E-state index contributed by atoms with van der Waals surface area (Å²) in [6.45, 7) is 0. The maximum absolute atomic E-state index is 10.9. The predicted octanol–water partition coefficient (Wildman–Crippen LogP) is 1.67. The third-order valence-electron chi connectivity index (χ3n) is 4.04. The van der Waals surface area contributed by atoms with Crippen LogP contribution in [0.4, 0.5) is 0 Å². The van der Waals surface area contributed by atoms with E-state index in [-0.39, 0.29) is 5.92 Å². The van der Waals surface area contributed by atoms with Gasteiger partial charge in [-0.3, -0.25) is 4.79 Å². The van der Waals surface area contributed by atoms with Crippen LogP contribution in [-0.2, 0) is 4.79 Å². The fourth-order valence-corrected chi connectivity index (χ4v) is 3.26. The van der Waals surface area contributed by atoms with Crippen molar-refractivity contribution in [2.24, 2.45) is 23.2 Å². The van der Waals surface area contributed by atoms with E-state index in [4.69, 9.17) is 5.11 Å². The zero-order valence-corrected chi connectivity index (χ0v) is 6.86. The topological polar surface area (TPSA) is 37.3 Å². The molecule has 1 N–H and O–H groups in total. The molecule has 3 atom stereocenters. The van der Waals surface area contributed by atoms with E-state index in [2.05, 4.69) is 12.2 Å². The highest BCUT2D eigenvalue weighted by molar-refractivity contribution is 5.72. The first-order chi connectivity index (χ1) is 5.74. The van der Waals surface area contributed by atoms with Gasteiger partial charge >= 0.3 is 5.97 Å². The van der Waals surface area contributed by atoms with Crippen molar-refractivity contribution in [3.63, 3.8) is 0 Å². The van der Waals surface area contributed by atoms with Crippen LogP contribution in [0.5, 0.6) is 0 Å². The lowest BCUT2D eigenvalue weighted by Gasteiger charge is -2.14. The zero-order chi connectivity index (χ0) is 8.34. The van der Waals surface area contributed by atoms with Crippen molar-refractivity contribution >= 4 is 5.97 Å². The van der Waals surface area contributed by atoms with Gasteiger partial charge in [0.05, 0.1) is 5.92 Å². The van der Waals surface area contributed by atoms with Gasteiger partial charge in [-0.15, -0.1) is 0 Å². The summed E-state index contributed by atoms with van der Waals surface area (Å²) in [5.41, 5.74) is 0.434. The molecule has 12 heavy (non-hydrogen) atoms. The van der Waals surface area contributed by atoms with Gasteiger partial charge < -0.3 is 5.11 Å². The summed E-state index contributed by atoms with van der Waals surface area (Å²) in [4.78, 5) is 10.9. The van der Waals surface area contributed by atoms with Gasteiger partial charge in [0.2, 0.25) is 0 Å². The Kier molecular flexibility index (Phi) is 0.980. The number of carboxylic acids is 1. The van der Waals surface area contributed by atoms with Gasteiger partial charge in [0.1, 0.15) is 0 Å². The number of aliphatic carboxylic acids is 1. The van der Waals surface area contributed by atoms with Gasteiger partial charge in [-0.25, -0.2) is 0 Å². The van der Waals surface area contributed by atoms with E-state index in [0.29, 0.717) is 17.3 Å². The first-order valence-electron chi connectivity index (χ1n) is 4.65. The Morgan fingerprint density at radius 3 is 2.58 bits per heavy atom. The van der Waals surface area contributed by atoms with Crippen LogP contribution in [0.25, 0.3) is 0 Å². The molecule has 0 aliphatic heterocycles. The molecule has 0 aromatic heterocycles. The second-order valence-electron chi connectivity index (χ2n) is 4.43. The summed E-state index contributed by atoms with van der Waals surface area (Å²) < 4.78 is 0. The minimum absolute atomic E-state index is 0.0671. The molecule has 3 aliphatic carbocycles. The first-order valence-corrected chi connectivity index (χ1v) is 4.65. The molecule has 1 spiro atoms. The van der Waals surface area contributed by atoms with Crippen LogP contribution in [0, 0.1) is 23.2 Å². The van der Waals surface area contributed by atoms with Crippen molar-refractivity contribution in [3.8, 4) is 0 Å². The molecule has 3 rings (SSSR count). The average Bonchev–Trinajstić information content (AvgIpc) is 2.69. The third-order valence-corrected chi connectivity index (χ3v) is 4.04. The van der Waals surface area contributed by atoms with Crippen molar-refractivity contribution in [1.82, 2.24) is 0 Å². The SMILES string of the molecule is O=C(O)C1C[C@@H]2C=C[C@H]1C21CC1. The van der Waals surface area contributed by atoms with E-state index in [1.54, 1.807) is 0 Å². The Morgan fingerprint density at radius 1 is 1.42 bits per heavy atom. The molecule has 0 aromatic rings. The van der Waals surface area contributed by atoms with Gasteiger partial charge in [-0.05, 0) is 36.5 Å². The summed E-state index contributed by atoms with van der Waals surface area (Å²) in [6, 6.07) is 0. The molecular weight excluding hydrogens is 152 g/mol. The Morgan fingerprint density at radius 2 is 2.17 bits per heavy atom. The fraction of sp³-hybridized carbons (Fsp3) is 0.700. The van der Waals surface area contributed by atoms with Gasteiger partial charge in [0.15, 0.2) is 0 Å². The Balaban J connectivity index is 1.97. The van der Waals surface area contributed by atoms with E-state index in [0.717, 1.165) is 6.42 Å². The molecule has 0 aromatic carbocycles. The molecular formula is C10H12O2. The molecule has 64 valence electrons. The van der Waals surface area contributed by atoms with E-state index in [1.165, 1.54) is 12.8 Å². The van der Waals surface area contributed by atoms with Crippen LogP contribution in [0.1, 0.15) is 19.3 Å². The van der Waals surface area contributed by atoms with Crippen molar-refractivity contribution in [2.75, 3.05) is 0 Å². The number of carboxylic acid groups (broad SMARTS) is 1. The van der Waals surface area contributed by atoms with Crippen molar-refractivity contribution in [2.45, 2.75) is 19.3 Å². The Labute approximate surface area is 71.3 Å². The lowest BCUT2D eigenvalue weighted by atomic mass is 9.89. The van der Waals surface area contributed by atoms with Gasteiger partial charge in [0, 0.05) is 0 Å². The maximum atomic E-state index is 10.9. The van der Waals surface area contributed by atoms with Crippen LogP contribution in [-0.4, -0.2) is 11.1 Å². The third kappa shape index (κ3) is 0.563. The molecule has 2 bridgehead atoms. The predicted molar refractivity (Wildman–Crippen MR) is 43.5 cm³/mol. The zero-order valence-electron chi connectivity index (χ0n) is 6.86. The average molecular weight is 164 g/mol. The highest BCUT2D eigenvalue weighted by atomic mass is 16.4. The Bertz CT molecular complexity index is 276. The van der Waals surface area contributed by atoms with Gasteiger partial charge in [-0.1, -0.05) is 12.2 Å². The lowest BCUT2D eigenvalue weighted by molar-refractivity contribution is -0.142. The smallest absolute Gasteiger partial charge is 0.307 e. The number of hydrogen-bond donors (Lipinski definition) is 1. The maximum Gasteiger partial charge on any atom is 0.307 e. The Hall–Kier alpha value is -0.790. The van der Waals surface area contributed by atoms with Gasteiger partial charge in [-0.2, -0.15) is 0 Å². The van der Waals surface area contributed by atoms with Crippen LogP contribution in [0.3, 0.4) is 0 Å². The molecule has 0 radical (unpaired) electrons. The minimum Gasteiger partial charge on any atom is -0.481 e. The monoisotopic (exact) mass is 164 g/mol. The van der Waals surface area contributed by atoms with Crippen LogP contribution >= 0.6 is 0 Å². The van der Waals surface area contributed by atoms with Gasteiger partial charge in [0.25, 0.3) is 0 Å². The molecule has 2 fully saturated rings. The summed E-state index contributed by atoms with van der Waals surface area (Å²) >= 11 is 0. The number of allylic oxidation sites excluding steroid dienone is 2. The molecule has 0 amide bonds. The second-order valence-corrected chi connectivity index (χ2v) is 4.43. The largest absolute Gasteiger partial charge is 0.481 e. The molecule has 0 saturated heterocycles. The fourth-order valence-electron chi connectivity index (χ4n) is 3.26. The van der Waals surface area contributed by atoms with E-state index >= 15 is 0 Å². The highest BCUT2D eigenvalue weighted by Crippen LogP contribution is 2.70. The van der Waals surface area contributed by atoms with Crippen LogP contribution in [0.15, 0.2) is 12.2 Å². The molecule has 2 heteroatoms. The summed E-state index contributed by atoms with van der Waals surface area (Å²) in [5.74, 6) is 0.323. The van der Waals surface area contributed by atoms with Crippen molar-refractivity contribution in [3.05, 3.63) is 12.2 Å². The second kappa shape index (κ2) is 1.76. The standard InChI is InChI=1S/C10H12O2/c11-9(12)7-5-6-1-2-8(7)10(6)3-4-10/h1-2,6-8H,3-5H2,(H,11,12)/t6-,7?,8+/m0/s1. The molecule has 1 unspecified atom stereocenters. The van der Waals surface area contributed by atoms with Crippen LogP contribution < -0.4 is 0 Å². The van der Waals surface area contributed by atoms with E-state index < -0.39 is 5.97 Å². The normalized spacial score (nSPS) is 45.5. The first kappa shape index (κ1) is 6.70. The summed E-state index contributed by atoms with van der Waals surface area (Å²) in [5, 5.41) is 8.96. The van der Waals surface area contributed by atoms with Crippen molar-refractivity contribution in [1.29, 1.82) is 0 Å². The quantitative estimate of drug-likeness (QED) is 0.598. The van der Waals surface area contributed by atoms with Crippen molar-refractivity contribution < 1.29 is 9.90 Å².